The highest BCUT2D eigenvalue weighted by atomic mass is 32.2. The van der Waals surface area contributed by atoms with E-state index in [-0.39, 0.29) is 29.1 Å². The number of rotatable bonds is 9. The van der Waals surface area contributed by atoms with Gasteiger partial charge in [-0.25, -0.2) is 12.8 Å². The van der Waals surface area contributed by atoms with E-state index in [2.05, 4.69) is 4.74 Å². The molecule has 0 amide bonds. The van der Waals surface area contributed by atoms with Crippen molar-refractivity contribution >= 4 is 15.5 Å². The van der Waals surface area contributed by atoms with Crippen LogP contribution < -0.4 is 4.74 Å². The van der Waals surface area contributed by atoms with Crippen LogP contribution in [-0.2, 0) is 31.5 Å². The van der Waals surface area contributed by atoms with E-state index >= 15 is 0 Å². The Labute approximate surface area is 241 Å². The van der Waals surface area contributed by atoms with Crippen LogP contribution >= 0.6 is 0 Å². The Kier molecular flexibility index (Phi) is 8.55. The molecule has 0 aromatic heterocycles. The molecular formula is C28H24F7NO6S. The topological polar surface area (TPSA) is 95.7 Å². The monoisotopic (exact) mass is 635 g/mol. The molecule has 0 radical (unpaired) electrons. The van der Waals surface area contributed by atoms with Crippen LogP contribution in [0.25, 0.3) is 0 Å². The van der Waals surface area contributed by atoms with Gasteiger partial charge < -0.3 is 9.47 Å². The lowest BCUT2D eigenvalue weighted by molar-refractivity contribution is -0.393. The summed E-state index contributed by atoms with van der Waals surface area (Å²) in [5.74, 6) is -0.935. The summed E-state index contributed by atoms with van der Waals surface area (Å²) >= 11 is 0. The minimum atomic E-state index is -6.08. The van der Waals surface area contributed by atoms with Gasteiger partial charge in [0.2, 0.25) is 0 Å². The molecule has 1 saturated carbocycles. The van der Waals surface area contributed by atoms with Crippen LogP contribution in [0.5, 0.6) is 5.75 Å². The van der Waals surface area contributed by atoms with E-state index in [1.165, 1.54) is 0 Å². The first kappa shape index (κ1) is 32.2. The second-order valence-corrected chi connectivity index (χ2v) is 12.2. The van der Waals surface area contributed by atoms with Crippen molar-refractivity contribution in [1.82, 2.24) is 0 Å². The van der Waals surface area contributed by atoms with Crippen LogP contribution in [0.15, 0.2) is 71.6 Å². The summed E-state index contributed by atoms with van der Waals surface area (Å²) in [6.45, 7) is -1.38. The third-order valence-corrected chi connectivity index (χ3v) is 10.2. The van der Waals surface area contributed by atoms with Crippen molar-refractivity contribution in [1.29, 1.82) is 0 Å². The molecule has 3 aromatic carbocycles. The van der Waals surface area contributed by atoms with Crippen molar-refractivity contribution in [3.63, 3.8) is 0 Å². The molecule has 1 aliphatic rings. The molecule has 232 valence electrons. The first-order chi connectivity index (χ1) is 20.0. The zero-order valence-electron chi connectivity index (χ0n) is 22.3. The SMILES string of the molecule is COc1ccc([N+](=O)[O-])cc1COC(c1ccc(C2(S(=O)(=O)c3ccc(F)cc3)CCCC2)cc1)(C(F)(F)F)C(F)(F)F. The number of methoxy groups -OCH3 is 1. The third kappa shape index (κ3) is 5.55. The number of hydrogen-bond acceptors (Lipinski definition) is 6. The maximum Gasteiger partial charge on any atom is 0.430 e. The van der Waals surface area contributed by atoms with Crippen LogP contribution in [-0.4, -0.2) is 32.8 Å². The molecule has 3 aromatic rings. The third-order valence-electron chi connectivity index (χ3n) is 7.58. The summed E-state index contributed by atoms with van der Waals surface area (Å²) in [6.07, 6.45) is -11.2. The Hall–Kier alpha value is -3.72. The van der Waals surface area contributed by atoms with Gasteiger partial charge in [-0.3, -0.25) is 10.1 Å². The van der Waals surface area contributed by atoms with E-state index in [1.807, 2.05) is 0 Å². The number of benzene rings is 3. The fourth-order valence-electron chi connectivity index (χ4n) is 5.42. The van der Waals surface area contributed by atoms with Gasteiger partial charge in [-0.05, 0) is 48.7 Å². The Morgan fingerprint density at radius 2 is 1.44 bits per heavy atom. The van der Waals surface area contributed by atoms with Crippen molar-refractivity contribution in [2.75, 3.05) is 7.11 Å². The van der Waals surface area contributed by atoms with Gasteiger partial charge in [-0.15, -0.1) is 0 Å². The van der Waals surface area contributed by atoms with E-state index in [4.69, 9.17) is 4.74 Å². The van der Waals surface area contributed by atoms with Gasteiger partial charge in [0.25, 0.3) is 11.3 Å². The van der Waals surface area contributed by atoms with Gasteiger partial charge in [-0.1, -0.05) is 37.1 Å². The summed E-state index contributed by atoms with van der Waals surface area (Å²) in [5.41, 5.74) is -7.36. The number of alkyl halides is 6. The molecule has 0 bridgehead atoms. The van der Waals surface area contributed by atoms with Crippen molar-refractivity contribution in [2.24, 2.45) is 0 Å². The molecular weight excluding hydrogens is 611 g/mol. The van der Waals surface area contributed by atoms with Gasteiger partial charge in [0.15, 0.2) is 9.84 Å². The molecule has 0 heterocycles. The van der Waals surface area contributed by atoms with Crippen LogP contribution in [0.4, 0.5) is 36.4 Å². The van der Waals surface area contributed by atoms with Gasteiger partial charge in [0, 0.05) is 23.3 Å². The normalized spacial score (nSPS) is 15.8. The Morgan fingerprint density at radius 3 is 1.93 bits per heavy atom. The number of non-ortho nitro benzene ring substituents is 1. The highest BCUT2D eigenvalue weighted by Gasteiger charge is 2.73. The molecule has 0 saturated heterocycles. The predicted octanol–water partition coefficient (Wildman–Crippen LogP) is 7.52. The zero-order valence-corrected chi connectivity index (χ0v) is 23.2. The van der Waals surface area contributed by atoms with E-state index in [9.17, 15) is 49.3 Å². The van der Waals surface area contributed by atoms with Crippen LogP contribution in [0.1, 0.15) is 42.4 Å². The largest absolute Gasteiger partial charge is 0.496 e. The number of sulfone groups is 1. The van der Waals surface area contributed by atoms with Crippen molar-refractivity contribution < 1.29 is 53.5 Å². The highest BCUT2D eigenvalue weighted by Crippen LogP contribution is 2.55. The first-order valence-corrected chi connectivity index (χ1v) is 14.2. The minimum Gasteiger partial charge on any atom is -0.496 e. The maximum atomic E-state index is 14.5. The van der Waals surface area contributed by atoms with E-state index in [0.717, 1.165) is 61.7 Å². The molecule has 4 rings (SSSR count). The van der Waals surface area contributed by atoms with Gasteiger partial charge in [0.05, 0.1) is 23.5 Å². The number of halogens is 7. The van der Waals surface area contributed by atoms with Crippen molar-refractivity contribution in [3.8, 4) is 5.75 Å². The lowest BCUT2D eigenvalue weighted by Gasteiger charge is -2.38. The van der Waals surface area contributed by atoms with Gasteiger partial charge in [-0.2, -0.15) is 26.3 Å². The quantitative estimate of drug-likeness (QED) is 0.104. The fourth-order valence-corrected chi connectivity index (χ4v) is 7.64. The maximum absolute atomic E-state index is 14.5. The number of nitro benzene ring substituents is 1. The average Bonchev–Trinajstić information content (AvgIpc) is 3.44. The molecule has 0 spiro atoms. The van der Waals surface area contributed by atoms with Gasteiger partial charge >= 0.3 is 12.4 Å². The number of nitro groups is 1. The molecule has 0 unspecified atom stereocenters. The predicted molar refractivity (Wildman–Crippen MR) is 138 cm³/mol. The first-order valence-electron chi connectivity index (χ1n) is 12.7. The van der Waals surface area contributed by atoms with E-state index in [1.54, 1.807) is 0 Å². The summed E-state index contributed by atoms with van der Waals surface area (Å²) in [6, 6.07) is 9.50. The van der Waals surface area contributed by atoms with Crippen LogP contribution in [0, 0.1) is 15.9 Å². The molecule has 0 atom stereocenters. The average molecular weight is 636 g/mol. The number of hydrogen-bond donors (Lipinski definition) is 0. The lowest BCUT2D eigenvalue weighted by atomic mass is 9.88. The van der Waals surface area contributed by atoms with Crippen LogP contribution in [0.2, 0.25) is 0 Å². The lowest BCUT2D eigenvalue weighted by Crippen LogP contribution is -2.55. The zero-order chi connectivity index (χ0) is 31.8. The number of nitrogens with zero attached hydrogens (tertiary/aromatic N) is 1. The van der Waals surface area contributed by atoms with E-state index in [0.29, 0.717) is 25.0 Å². The summed E-state index contributed by atoms with van der Waals surface area (Å²) < 4.78 is 136. The molecule has 43 heavy (non-hydrogen) atoms. The Balaban J connectivity index is 1.81. The fraction of sp³-hybridized carbons (Fsp3) is 0.357. The second-order valence-electron chi connectivity index (χ2n) is 9.95. The second kappa shape index (κ2) is 11.4. The van der Waals surface area contributed by atoms with E-state index < -0.39 is 66.7 Å². The molecule has 0 N–H and O–H groups in total. The summed E-state index contributed by atoms with van der Waals surface area (Å²) in [7, 11) is -3.18. The minimum absolute atomic E-state index is 0.0309. The standard InChI is InChI=1S/C28H24F7NO6S/c1-41-24-13-10-22(36(37)38)16-18(24)17-42-26(27(30,31)32,28(33,34)35)20-6-4-19(5-7-20)25(14-2-3-15-25)43(39,40)23-11-8-21(29)9-12-23/h4-13,16H,2-3,14-15,17H2,1H3. The van der Waals surface area contributed by atoms with Crippen molar-refractivity contribution in [3.05, 3.63) is 99.4 Å². The highest BCUT2D eigenvalue weighted by molar-refractivity contribution is 7.92. The van der Waals surface area contributed by atoms with Crippen LogP contribution in [0.3, 0.4) is 0 Å². The smallest absolute Gasteiger partial charge is 0.430 e. The molecule has 0 aliphatic heterocycles. The molecule has 15 heteroatoms. The summed E-state index contributed by atoms with van der Waals surface area (Å²) in [5, 5.41) is 11.1. The number of ether oxygens (including phenoxy) is 2. The molecule has 1 aliphatic carbocycles. The van der Waals surface area contributed by atoms with Gasteiger partial charge in [0.1, 0.15) is 16.3 Å². The molecule has 7 nitrogen and oxygen atoms in total. The summed E-state index contributed by atoms with van der Waals surface area (Å²) in [4.78, 5) is 10.0. The Bertz CT molecular complexity index is 1570. The van der Waals surface area contributed by atoms with Crippen molar-refractivity contribution in [2.45, 2.75) is 59.9 Å². The Morgan fingerprint density at radius 1 is 0.884 bits per heavy atom. The molecule has 1 fully saturated rings.